The third-order valence-electron chi connectivity index (χ3n) is 4.57. The van der Waals surface area contributed by atoms with Gasteiger partial charge in [0.2, 0.25) is 0 Å². The molecule has 0 unspecified atom stereocenters. The van der Waals surface area contributed by atoms with Gasteiger partial charge in [-0.2, -0.15) is 0 Å². The van der Waals surface area contributed by atoms with Crippen LogP contribution < -0.4 is 9.47 Å². The lowest BCUT2D eigenvalue weighted by Crippen LogP contribution is -2.32. The highest BCUT2D eigenvalue weighted by atomic mass is 35.5. The van der Waals surface area contributed by atoms with Crippen molar-refractivity contribution in [3.63, 3.8) is 0 Å². The lowest BCUT2D eigenvalue weighted by molar-refractivity contribution is 0.00645. The average Bonchev–Trinajstić information content (AvgIpc) is 2.59. The minimum absolute atomic E-state index is 0.0620. The molecule has 0 saturated carbocycles. The molecule has 1 aliphatic heterocycles. The van der Waals surface area contributed by atoms with E-state index in [0.717, 1.165) is 24.2 Å². The van der Waals surface area contributed by atoms with Crippen molar-refractivity contribution < 1.29 is 23.4 Å². The van der Waals surface area contributed by atoms with E-state index in [2.05, 4.69) is 13.8 Å². The normalized spacial score (nSPS) is 15.3. The lowest BCUT2D eigenvalue weighted by atomic mass is 9.94. The zero-order valence-corrected chi connectivity index (χ0v) is 18.2. The Kier molecular flexibility index (Phi) is 5.81. The highest BCUT2D eigenvalue weighted by Gasteiger charge is 2.27. The summed E-state index contributed by atoms with van der Waals surface area (Å²) in [6.07, 6.45) is 1.91. The van der Waals surface area contributed by atoms with Gasteiger partial charge in [-0.1, -0.05) is 17.7 Å². The Morgan fingerprint density at radius 2 is 1.97 bits per heavy atom. The van der Waals surface area contributed by atoms with Crippen molar-refractivity contribution in [1.29, 1.82) is 0 Å². The topological polar surface area (TPSA) is 44.8 Å². The van der Waals surface area contributed by atoms with Gasteiger partial charge in [0.15, 0.2) is 0 Å². The smallest absolute Gasteiger partial charge is 0.341 e. The fourth-order valence-electron chi connectivity index (χ4n) is 3.06. The van der Waals surface area contributed by atoms with Gasteiger partial charge in [0.25, 0.3) is 0 Å². The average molecular weight is 421 g/mol. The minimum Gasteiger partial charge on any atom is -0.489 e. The Morgan fingerprint density at radius 1 is 1.24 bits per heavy atom. The van der Waals surface area contributed by atoms with Gasteiger partial charge < -0.3 is 14.2 Å². The summed E-state index contributed by atoms with van der Waals surface area (Å²) in [7, 11) is 0. The van der Waals surface area contributed by atoms with Crippen LogP contribution in [-0.2, 0) is 17.8 Å². The number of esters is 1. The molecule has 0 saturated heterocycles. The molecule has 0 radical (unpaired) electrons. The van der Waals surface area contributed by atoms with Crippen LogP contribution in [0.3, 0.4) is 0 Å². The number of carbonyl (C=O) groups is 1. The summed E-state index contributed by atoms with van der Waals surface area (Å²) in [6.45, 7) is 9.32. The monoisotopic (exact) mass is 420 g/mol. The molecule has 0 fully saturated rings. The molecule has 0 amide bonds. The molecule has 0 spiro atoms. The predicted molar refractivity (Wildman–Crippen MR) is 110 cm³/mol. The van der Waals surface area contributed by atoms with E-state index >= 15 is 0 Å². The van der Waals surface area contributed by atoms with Crippen molar-refractivity contribution in [2.75, 3.05) is 0 Å². The third-order valence-corrected chi connectivity index (χ3v) is 4.92. The first kappa shape index (κ1) is 21.4. The van der Waals surface area contributed by atoms with Gasteiger partial charge >= 0.3 is 5.97 Å². The van der Waals surface area contributed by atoms with E-state index in [0.29, 0.717) is 11.3 Å². The molecule has 29 heavy (non-hydrogen) atoms. The van der Waals surface area contributed by atoms with Crippen molar-refractivity contribution in [1.82, 2.24) is 0 Å². The van der Waals surface area contributed by atoms with Crippen LogP contribution in [-0.4, -0.2) is 17.2 Å². The van der Waals surface area contributed by atoms with Gasteiger partial charge in [0, 0.05) is 16.7 Å². The number of benzene rings is 2. The maximum atomic E-state index is 14.5. The first-order valence-electron chi connectivity index (χ1n) is 9.59. The molecule has 0 aliphatic carbocycles. The summed E-state index contributed by atoms with van der Waals surface area (Å²) in [6, 6.07) is 8.17. The molecule has 0 atom stereocenters. The van der Waals surface area contributed by atoms with E-state index in [1.165, 1.54) is 12.1 Å². The summed E-state index contributed by atoms with van der Waals surface area (Å²) < 4.78 is 31.5. The van der Waals surface area contributed by atoms with Gasteiger partial charge in [0.1, 0.15) is 35.1 Å². The van der Waals surface area contributed by atoms with Gasteiger partial charge in [-0.15, -0.1) is 0 Å². The van der Waals surface area contributed by atoms with Crippen LogP contribution in [0.15, 0.2) is 30.3 Å². The first-order chi connectivity index (χ1) is 13.4. The largest absolute Gasteiger partial charge is 0.489 e. The number of hydrogen-bond donors (Lipinski definition) is 0. The highest BCUT2D eigenvalue weighted by Crippen LogP contribution is 2.36. The number of halogens is 2. The maximum Gasteiger partial charge on any atom is 0.341 e. The van der Waals surface area contributed by atoms with Crippen LogP contribution in [0.25, 0.3) is 0 Å². The van der Waals surface area contributed by atoms with Gasteiger partial charge in [0.05, 0.1) is 5.56 Å². The van der Waals surface area contributed by atoms with Gasteiger partial charge in [-0.05, 0) is 71.2 Å². The standard InChI is InChI=1S/C23H26ClFO4/c1-22(2,3)29-21(26)17-12-18(24)15(10-19(17)25)13-27-16-7-6-14-8-9-23(4,5)28-20(14)11-16/h6-7,10-12H,8-9,13H2,1-5H3. The molecule has 0 bridgehead atoms. The van der Waals surface area contributed by atoms with Crippen LogP contribution in [0.2, 0.25) is 5.02 Å². The molecule has 0 N–H and O–H groups in total. The lowest BCUT2D eigenvalue weighted by Gasteiger charge is -2.32. The van der Waals surface area contributed by atoms with E-state index < -0.39 is 17.4 Å². The molecule has 2 aromatic carbocycles. The predicted octanol–water partition coefficient (Wildman–Crippen LogP) is 6.12. The molecular weight excluding hydrogens is 395 g/mol. The Hall–Kier alpha value is -2.27. The number of aryl methyl sites for hydroxylation is 1. The Bertz CT molecular complexity index is 931. The van der Waals surface area contributed by atoms with Crippen LogP contribution in [0, 0.1) is 5.82 Å². The van der Waals surface area contributed by atoms with Crippen molar-refractivity contribution in [3.8, 4) is 11.5 Å². The van der Waals surface area contributed by atoms with Gasteiger partial charge in [-0.25, -0.2) is 9.18 Å². The van der Waals surface area contributed by atoms with Crippen molar-refractivity contribution in [2.45, 2.75) is 65.3 Å². The van der Waals surface area contributed by atoms with Gasteiger partial charge in [-0.3, -0.25) is 0 Å². The van der Waals surface area contributed by atoms with E-state index in [4.69, 9.17) is 25.8 Å². The van der Waals surface area contributed by atoms with Crippen LogP contribution in [0.5, 0.6) is 11.5 Å². The van der Waals surface area contributed by atoms with E-state index in [1.54, 1.807) is 20.8 Å². The SMILES string of the molecule is CC(C)(C)OC(=O)c1cc(Cl)c(COc2ccc3c(c2)OC(C)(C)CC3)cc1F. The van der Waals surface area contributed by atoms with Crippen LogP contribution in [0.4, 0.5) is 4.39 Å². The zero-order valence-electron chi connectivity index (χ0n) is 17.4. The first-order valence-corrected chi connectivity index (χ1v) is 9.97. The quantitative estimate of drug-likeness (QED) is 0.559. The second-order valence-electron chi connectivity index (χ2n) is 8.85. The highest BCUT2D eigenvalue weighted by molar-refractivity contribution is 6.31. The minimum atomic E-state index is -0.751. The second-order valence-corrected chi connectivity index (χ2v) is 9.25. The molecule has 156 valence electrons. The summed E-state index contributed by atoms with van der Waals surface area (Å²) in [4.78, 5) is 12.1. The zero-order chi connectivity index (χ0) is 21.4. The van der Waals surface area contributed by atoms with Crippen molar-refractivity contribution >= 4 is 17.6 Å². The van der Waals surface area contributed by atoms with Crippen molar-refractivity contribution in [2.24, 2.45) is 0 Å². The molecule has 1 aliphatic rings. The number of ether oxygens (including phenoxy) is 3. The number of hydrogen-bond acceptors (Lipinski definition) is 4. The molecule has 2 aromatic rings. The second kappa shape index (κ2) is 7.86. The summed E-state index contributed by atoms with van der Waals surface area (Å²) in [5, 5.41) is 0.239. The Morgan fingerprint density at radius 3 is 2.66 bits per heavy atom. The molecule has 1 heterocycles. The van der Waals surface area contributed by atoms with Crippen LogP contribution >= 0.6 is 11.6 Å². The summed E-state index contributed by atoms with van der Waals surface area (Å²) in [5.41, 5.74) is 0.451. The third kappa shape index (κ3) is 5.41. The molecule has 4 nitrogen and oxygen atoms in total. The van der Waals surface area contributed by atoms with Crippen molar-refractivity contribution in [3.05, 3.63) is 57.9 Å². The van der Waals surface area contributed by atoms with E-state index in [9.17, 15) is 9.18 Å². The van der Waals surface area contributed by atoms with E-state index in [1.807, 2.05) is 18.2 Å². The Labute approximate surface area is 175 Å². The molecular formula is C23H26ClFO4. The Balaban J connectivity index is 1.73. The summed E-state index contributed by atoms with van der Waals surface area (Å²) in [5.74, 6) is -0.0398. The fraction of sp³-hybridized carbons (Fsp3) is 0.435. The summed E-state index contributed by atoms with van der Waals surface area (Å²) >= 11 is 6.26. The number of carbonyl (C=O) groups excluding carboxylic acids is 1. The maximum absolute atomic E-state index is 14.5. The number of rotatable bonds is 4. The molecule has 6 heteroatoms. The van der Waals surface area contributed by atoms with Crippen LogP contribution in [0.1, 0.15) is 62.5 Å². The van der Waals surface area contributed by atoms with E-state index in [-0.39, 0.29) is 22.8 Å². The molecule has 0 aromatic heterocycles. The molecule has 3 rings (SSSR count). The number of fused-ring (bicyclic) bond motifs is 1. The fourth-order valence-corrected chi connectivity index (χ4v) is 3.28.